The van der Waals surface area contributed by atoms with Gasteiger partial charge in [-0.25, -0.2) is 0 Å². The molecule has 0 heterocycles. The summed E-state index contributed by atoms with van der Waals surface area (Å²) in [6.07, 6.45) is 15.9. The Bertz CT molecular complexity index is 186. The molecule has 0 fully saturated rings. The molecule has 0 rings (SSSR count). The summed E-state index contributed by atoms with van der Waals surface area (Å²) >= 11 is 0. The van der Waals surface area contributed by atoms with Crippen LogP contribution in [-0.2, 0) is 0 Å². The maximum absolute atomic E-state index is 2.41. The molecule has 0 saturated heterocycles. The van der Waals surface area contributed by atoms with Crippen molar-refractivity contribution in [2.24, 2.45) is 0 Å². The van der Waals surface area contributed by atoms with Crippen molar-refractivity contribution in [3.63, 3.8) is 0 Å². The fourth-order valence-corrected chi connectivity index (χ4v) is 2.59. The van der Waals surface area contributed by atoms with E-state index >= 15 is 0 Å². The summed E-state index contributed by atoms with van der Waals surface area (Å²) < 4.78 is 1.18. The third-order valence-corrected chi connectivity index (χ3v) is 4.98. The molecule has 0 spiro atoms. The third-order valence-electron chi connectivity index (χ3n) is 4.98. The fraction of sp³-hybridized carbons (Fsp3) is 1.00. The van der Waals surface area contributed by atoms with Crippen LogP contribution in [0.4, 0.5) is 0 Å². The van der Waals surface area contributed by atoms with Gasteiger partial charge in [-0.3, -0.25) is 0 Å². The maximum atomic E-state index is 2.41. The molecule has 0 aromatic heterocycles. The highest BCUT2D eigenvalue weighted by Crippen LogP contribution is 2.15. The highest BCUT2D eigenvalue weighted by molar-refractivity contribution is 4.53. The molecule has 0 amide bonds. The van der Waals surface area contributed by atoms with Gasteiger partial charge >= 0.3 is 0 Å². The Hall–Kier alpha value is -0.0400. The first-order valence-electron chi connectivity index (χ1n) is 8.87. The SMILES string of the molecule is CCCCCCCCCCCCC(C)[N+](C)(C)CC. The molecular weight excluding hydrogens is 230 g/mol. The summed E-state index contributed by atoms with van der Waals surface area (Å²) in [6.45, 7) is 8.25. The van der Waals surface area contributed by atoms with Crippen LogP contribution in [0.5, 0.6) is 0 Å². The zero-order valence-corrected chi connectivity index (χ0v) is 14.5. The smallest absolute Gasteiger partial charge is 0.0857 e. The normalized spacial score (nSPS) is 13.7. The molecule has 1 nitrogen and oxygen atoms in total. The number of rotatable bonds is 13. The minimum Gasteiger partial charge on any atom is -0.327 e. The van der Waals surface area contributed by atoms with E-state index in [1.807, 2.05) is 0 Å². The first-order chi connectivity index (χ1) is 9.04. The van der Waals surface area contributed by atoms with Crippen LogP contribution in [0.1, 0.15) is 91.4 Å². The second-order valence-corrected chi connectivity index (χ2v) is 6.91. The quantitative estimate of drug-likeness (QED) is 0.294. The third kappa shape index (κ3) is 10.4. The van der Waals surface area contributed by atoms with Crippen LogP contribution >= 0.6 is 0 Å². The zero-order valence-electron chi connectivity index (χ0n) is 14.5. The van der Waals surface area contributed by atoms with E-state index in [0.29, 0.717) is 0 Å². The van der Waals surface area contributed by atoms with Crippen molar-refractivity contribution in [2.75, 3.05) is 20.6 Å². The van der Waals surface area contributed by atoms with E-state index in [4.69, 9.17) is 0 Å². The van der Waals surface area contributed by atoms with Gasteiger partial charge in [0.05, 0.1) is 26.7 Å². The predicted molar refractivity (Wildman–Crippen MR) is 88.6 cm³/mol. The Balaban J connectivity index is 3.27. The van der Waals surface area contributed by atoms with Crippen LogP contribution in [0.2, 0.25) is 0 Å². The number of hydrogen-bond donors (Lipinski definition) is 0. The summed E-state index contributed by atoms with van der Waals surface area (Å²) in [5.74, 6) is 0. The Morgan fingerprint density at radius 1 is 0.684 bits per heavy atom. The summed E-state index contributed by atoms with van der Waals surface area (Å²) in [5, 5.41) is 0. The van der Waals surface area contributed by atoms with Gasteiger partial charge in [0, 0.05) is 0 Å². The first kappa shape index (κ1) is 19.0. The summed E-state index contributed by atoms with van der Waals surface area (Å²) in [4.78, 5) is 0. The van der Waals surface area contributed by atoms with E-state index in [9.17, 15) is 0 Å². The van der Waals surface area contributed by atoms with E-state index in [-0.39, 0.29) is 0 Å². The second-order valence-electron chi connectivity index (χ2n) is 6.91. The summed E-state index contributed by atoms with van der Waals surface area (Å²) in [6, 6.07) is 0.819. The predicted octanol–water partition coefficient (Wildman–Crippen LogP) is 5.78. The molecule has 0 aliphatic carbocycles. The zero-order chi connectivity index (χ0) is 14.6. The van der Waals surface area contributed by atoms with Gasteiger partial charge in [0.25, 0.3) is 0 Å². The van der Waals surface area contributed by atoms with E-state index in [1.165, 1.54) is 81.7 Å². The molecule has 0 bridgehead atoms. The van der Waals surface area contributed by atoms with Crippen molar-refractivity contribution in [1.29, 1.82) is 0 Å². The van der Waals surface area contributed by atoms with Gasteiger partial charge in [0.2, 0.25) is 0 Å². The largest absolute Gasteiger partial charge is 0.327 e. The lowest BCUT2D eigenvalue weighted by Gasteiger charge is -2.35. The van der Waals surface area contributed by atoms with E-state index in [1.54, 1.807) is 0 Å². The number of nitrogens with zero attached hydrogens (tertiary/aromatic N) is 1. The van der Waals surface area contributed by atoms with Crippen LogP contribution in [0.3, 0.4) is 0 Å². The van der Waals surface area contributed by atoms with Crippen molar-refractivity contribution in [1.82, 2.24) is 0 Å². The highest BCUT2D eigenvalue weighted by Gasteiger charge is 2.20. The molecule has 0 saturated carbocycles. The van der Waals surface area contributed by atoms with Crippen LogP contribution in [-0.4, -0.2) is 31.2 Å². The molecule has 1 unspecified atom stereocenters. The number of unbranched alkanes of at least 4 members (excludes halogenated alkanes) is 9. The molecule has 0 aliphatic heterocycles. The van der Waals surface area contributed by atoms with Gasteiger partial charge in [-0.05, 0) is 26.7 Å². The van der Waals surface area contributed by atoms with E-state index in [0.717, 1.165) is 6.04 Å². The van der Waals surface area contributed by atoms with E-state index in [2.05, 4.69) is 34.9 Å². The minimum absolute atomic E-state index is 0.819. The average molecular weight is 271 g/mol. The molecule has 1 atom stereocenters. The number of quaternary nitrogens is 1. The Morgan fingerprint density at radius 2 is 1.11 bits per heavy atom. The molecule has 19 heavy (non-hydrogen) atoms. The van der Waals surface area contributed by atoms with Crippen LogP contribution < -0.4 is 0 Å². The van der Waals surface area contributed by atoms with Crippen LogP contribution in [0.15, 0.2) is 0 Å². The lowest BCUT2D eigenvalue weighted by Crippen LogP contribution is -2.46. The highest BCUT2D eigenvalue weighted by atomic mass is 15.3. The van der Waals surface area contributed by atoms with Gasteiger partial charge in [0.1, 0.15) is 0 Å². The molecule has 116 valence electrons. The first-order valence-corrected chi connectivity index (χ1v) is 8.87. The average Bonchev–Trinajstić information content (AvgIpc) is 2.40. The van der Waals surface area contributed by atoms with Crippen molar-refractivity contribution < 1.29 is 4.48 Å². The van der Waals surface area contributed by atoms with Gasteiger partial charge in [-0.15, -0.1) is 0 Å². The molecule has 1 heteroatoms. The molecule has 0 aliphatic rings. The monoisotopic (exact) mass is 270 g/mol. The van der Waals surface area contributed by atoms with Crippen LogP contribution in [0, 0.1) is 0 Å². The number of hydrogen-bond acceptors (Lipinski definition) is 0. The Kier molecular flexibility index (Phi) is 11.7. The van der Waals surface area contributed by atoms with Gasteiger partial charge in [-0.2, -0.15) is 0 Å². The summed E-state index contributed by atoms with van der Waals surface area (Å²) in [7, 11) is 4.72. The van der Waals surface area contributed by atoms with E-state index < -0.39 is 0 Å². The molecule has 0 aromatic rings. The van der Waals surface area contributed by atoms with Gasteiger partial charge in [-0.1, -0.05) is 64.7 Å². The second kappa shape index (κ2) is 11.8. The van der Waals surface area contributed by atoms with Crippen molar-refractivity contribution >= 4 is 0 Å². The standard InChI is InChI=1S/C18H40N/c1-6-8-9-10-11-12-13-14-15-16-17-18(3)19(4,5)7-2/h18H,6-17H2,1-5H3/q+1. The van der Waals surface area contributed by atoms with Crippen molar-refractivity contribution in [2.45, 2.75) is 97.4 Å². The topological polar surface area (TPSA) is 0 Å². The maximum Gasteiger partial charge on any atom is 0.0857 e. The van der Waals surface area contributed by atoms with Gasteiger partial charge < -0.3 is 4.48 Å². The van der Waals surface area contributed by atoms with Gasteiger partial charge in [0.15, 0.2) is 0 Å². The molecular formula is C18H40N+. The van der Waals surface area contributed by atoms with Crippen molar-refractivity contribution in [3.8, 4) is 0 Å². The molecule has 0 radical (unpaired) electrons. The Morgan fingerprint density at radius 3 is 1.53 bits per heavy atom. The molecule has 0 N–H and O–H groups in total. The summed E-state index contributed by atoms with van der Waals surface area (Å²) in [5.41, 5.74) is 0. The minimum atomic E-state index is 0.819. The molecule has 0 aromatic carbocycles. The lowest BCUT2D eigenvalue weighted by atomic mass is 10.0. The Labute approximate surface area is 123 Å². The fourth-order valence-electron chi connectivity index (χ4n) is 2.59. The van der Waals surface area contributed by atoms with Crippen LogP contribution in [0.25, 0.3) is 0 Å². The lowest BCUT2D eigenvalue weighted by molar-refractivity contribution is -0.911. The van der Waals surface area contributed by atoms with Crippen molar-refractivity contribution in [3.05, 3.63) is 0 Å².